The largest absolute Gasteiger partial charge is 0.328 e. The second-order valence-electron chi connectivity index (χ2n) is 4.23. The number of aryl methyl sites for hydroxylation is 1. The van der Waals surface area contributed by atoms with Crippen LogP contribution >= 0.6 is 0 Å². The predicted octanol–water partition coefficient (Wildman–Crippen LogP) is 2.97. The van der Waals surface area contributed by atoms with Gasteiger partial charge < -0.3 is 4.57 Å². The van der Waals surface area contributed by atoms with Crippen LogP contribution in [0.15, 0.2) is 24.3 Å². The smallest absolute Gasteiger partial charge is 0.140 e. The Labute approximate surface area is 101 Å². The highest BCUT2D eigenvalue weighted by Gasteiger charge is 2.12. The molecule has 1 heterocycles. The summed E-state index contributed by atoms with van der Waals surface area (Å²) < 4.78 is 2.13. The van der Waals surface area contributed by atoms with E-state index in [0.717, 1.165) is 29.8 Å². The highest BCUT2D eigenvalue weighted by atomic mass is 16.1. The molecule has 0 aliphatic carbocycles. The highest BCUT2D eigenvalue weighted by Crippen LogP contribution is 2.16. The van der Waals surface area contributed by atoms with Crippen LogP contribution in [0, 0.1) is 0 Å². The Morgan fingerprint density at radius 2 is 2.06 bits per heavy atom. The molecule has 0 N–H and O–H groups in total. The van der Waals surface area contributed by atoms with Gasteiger partial charge in [0, 0.05) is 13.0 Å². The predicted molar refractivity (Wildman–Crippen MR) is 69.0 cm³/mol. The third-order valence-electron chi connectivity index (χ3n) is 2.93. The maximum atomic E-state index is 11.7. The molecule has 90 valence electrons. The van der Waals surface area contributed by atoms with Crippen molar-refractivity contribution in [1.82, 2.24) is 9.55 Å². The molecule has 0 amide bonds. The third kappa shape index (κ3) is 2.38. The first kappa shape index (κ1) is 11.8. The number of imidazole rings is 1. The van der Waals surface area contributed by atoms with Crippen LogP contribution in [0.1, 0.15) is 32.5 Å². The van der Waals surface area contributed by atoms with Gasteiger partial charge in [-0.15, -0.1) is 0 Å². The lowest BCUT2D eigenvalue weighted by atomic mass is 10.2. The summed E-state index contributed by atoms with van der Waals surface area (Å²) in [7, 11) is 0. The van der Waals surface area contributed by atoms with Crippen LogP contribution < -0.4 is 0 Å². The van der Waals surface area contributed by atoms with Gasteiger partial charge in [0.2, 0.25) is 0 Å². The van der Waals surface area contributed by atoms with Crippen LogP contribution in [-0.4, -0.2) is 15.3 Å². The Morgan fingerprint density at radius 1 is 1.29 bits per heavy atom. The van der Waals surface area contributed by atoms with E-state index in [1.165, 1.54) is 0 Å². The zero-order valence-electron chi connectivity index (χ0n) is 10.4. The molecule has 1 aromatic carbocycles. The Bertz CT molecular complexity index is 528. The number of Topliss-reactive ketones (excluding diaryl/α,β-unsaturated/α-hetero) is 1. The summed E-state index contributed by atoms with van der Waals surface area (Å²) in [6, 6.07) is 8.04. The second kappa shape index (κ2) is 5.13. The fourth-order valence-electron chi connectivity index (χ4n) is 2.16. The van der Waals surface area contributed by atoms with Crippen molar-refractivity contribution in [3.8, 4) is 0 Å². The van der Waals surface area contributed by atoms with Crippen LogP contribution in [0.2, 0.25) is 0 Å². The van der Waals surface area contributed by atoms with Crippen molar-refractivity contribution in [1.29, 1.82) is 0 Å². The maximum Gasteiger partial charge on any atom is 0.140 e. The zero-order chi connectivity index (χ0) is 12.3. The van der Waals surface area contributed by atoms with Gasteiger partial charge in [0.15, 0.2) is 0 Å². The third-order valence-corrected chi connectivity index (χ3v) is 2.93. The van der Waals surface area contributed by atoms with Crippen LogP contribution in [0.4, 0.5) is 0 Å². The van der Waals surface area contributed by atoms with E-state index in [1.54, 1.807) is 0 Å². The number of carbonyl (C=O) groups is 1. The average molecular weight is 230 g/mol. The summed E-state index contributed by atoms with van der Waals surface area (Å²) >= 11 is 0. The molecule has 0 aliphatic heterocycles. The van der Waals surface area contributed by atoms with Gasteiger partial charge in [0.05, 0.1) is 17.5 Å². The Balaban J connectivity index is 2.36. The van der Waals surface area contributed by atoms with Crippen molar-refractivity contribution in [3.63, 3.8) is 0 Å². The zero-order valence-corrected chi connectivity index (χ0v) is 10.4. The molecule has 0 unspecified atom stereocenters. The van der Waals surface area contributed by atoms with E-state index >= 15 is 0 Å². The van der Waals surface area contributed by atoms with Gasteiger partial charge >= 0.3 is 0 Å². The van der Waals surface area contributed by atoms with Crippen molar-refractivity contribution in [2.45, 2.75) is 39.7 Å². The number of ketones is 1. The van der Waals surface area contributed by atoms with Crippen molar-refractivity contribution in [2.75, 3.05) is 0 Å². The Kier molecular flexibility index (Phi) is 3.57. The van der Waals surface area contributed by atoms with E-state index in [9.17, 15) is 4.79 Å². The van der Waals surface area contributed by atoms with Crippen LogP contribution in [0.3, 0.4) is 0 Å². The first-order valence-electron chi connectivity index (χ1n) is 6.22. The molecule has 3 nitrogen and oxygen atoms in total. The lowest BCUT2D eigenvalue weighted by Crippen LogP contribution is -2.09. The minimum absolute atomic E-state index is 0.275. The molecular formula is C14H18N2O. The first-order chi connectivity index (χ1) is 8.26. The number of hydrogen-bond donors (Lipinski definition) is 0. The number of benzene rings is 1. The number of fused-ring (bicyclic) bond motifs is 1. The van der Waals surface area contributed by atoms with Crippen LogP contribution in [0.5, 0.6) is 0 Å². The Hall–Kier alpha value is -1.64. The molecule has 0 saturated heterocycles. The number of aromatic nitrogens is 2. The number of nitrogens with zero attached hydrogens (tertiary/aromatic N) is 2. The molecule has 0 radical (unpaired) electrons. The summed E-state index contributed by atoms with van der Waals surface area (Å²) in [6.07, 6.45) is 2.01. The number of para-hydroxylation sites is 2. The first-order valence-corrected chi connectivity index (χ1v) is 6.22. The molecule has 0 bridgehead atoms. The van der Waals surface area contributed by atoms with Crippen molar-refractivity contribution >= 4 is 16.8 Å². The minimum Gasteiger partial charge on any atom is -0.328 e. The van der Waals surface area contributed by atoms with E-state index < -0.39 is 0 Å². The molecule has 0 saturated carbocycles. The van der Waals surface area contributed by atoms with E-state index in [2.05, 4.69) is 22.5 Å². The fourth-order valence-corrected chi connectivity index (χ4v) is 2.16. The van der Waals surface area contributed by atoms with Gasteiger partial charge in [-0.1, -0.05) is 19.1 Å². The molecule has 3 heteroatoms. The fraction of sp³-hybridized carbons (Fsp3) is 0.429. The van der Waals surface area contributed by atoms with E-state index in [1.807, 2.05) is 25.1 Å². The molecular weight excluding hydrogens is 212 g/mol. The average Bonchev–Trinajstić information content (AvgIpc) is 2.66. The number of rotatable bonds is 5. The maximum absolute atomic E-state index is 11.7. The van der Waals surface area contributed by atoms with Crippen molar-refractivity contribution in [3.05, 3.63) is 30.1 Å². The summed E-state index contributed by atoms with van der Waals surface area (Å²) in [5.41, 5.74) is 2.10. The molecule has 2 rings (SSSR count). The van der Waals surface area contributed by atoms with Crippen LogP contribution in [-0.2, 0) is 17.8 Å². The van der Waals surface area contributed by atoms with Gasteiger partial charge in [-0.2, -0.15) is 0 Å². The lowest BCUT2D eigenvalue weighted by molar-refractivity contribution is -0.118. The summed E-state index contributed by atoms with van der Waals surface area (Å²) in [5.74, 6) is 1.17. The summed E-state index contributed by atoms with van der Waals surface area (Å²) in [5, 5.41) is 0. The molecule has 0 aliphatic rings. The highest BCUT2D eigenvalue weighted by molar-refractivity contribution is 5.82. The van der Waals surface area contributed by atoms with Crippen molar-refractivity contribution in [2.24, 2.45) is 0 Å². The van der Waals surface area contributed by atoms with Gasteiger partial charge in [0.25, 0.3) is 0 Å². The monoisotopic (exact) mass is 230 g/mol. The SMILES string of the molecule is CCCC(=O)Cc1nc2ccccc2n1CC. The topological polar surface area (TPSA) is 34.9 Å². The van der Waals surface area contributed by atoms with E-state index in [-0.39, 0.29) is 5.78 Å². The van der Waals surface area contributed by atoms with Crippen molar-refractivity contribution < 1.29 is 4.79 Å². The van der Waals surface area contributed by atoms with E-state index in [0.29, 0.717) is 12.8 Å². The lowest BCUT2D eigenvalue weighted by Gasteiger charge is -2.04. The molecule has 0 atom stereocenters. The van der Waals surface area contributed by atoms with Crippen LogP contribution in [0.25, 0.3) is 11.0 Å². The van der Waals surface area contributed by atoms with Gasteiger partial charge in [-0.3, -0.25) is 4.79 Å². The Morgan fingerprint density at radius 3 is 2.76 bits per heavy atom. The molecule has 17 heavy (non-hydrogen) atoms. The molecule has 2 aromatic rings. The molecule has 0 spiro atoms. The minimum atomic E-state index is 0.275. The quantitative estimate of drug-likeness (QED) is 0.791. The van der Waals surface area contributed by atoms with E-state index in [4.69, 9.17) is 0 Å². The molecule has 0 fully saturated rings. The summed E-state index contributed by atoms with van der Waals surface area (Å²) in [6.45, 7) is 4.97. The second-order valence-corrected chi connectivity index (χ2v) is 4.23. The molecule has 1 aromatic heterocycles. The van der Waals surface area contributed by atoms with Gasteiger partial charge in [-0.05, 0) is 25.5 Å². The van der Waals surface area contributed by atoms with Gasteiger partial charge in [-0.25, -0.2) is 4.98 Å². The number of carbonyl (C=O) groups excluding carboxylic acids is 1. The number of hydrogen-bond acceptors (Lipinski definition) is 2. The van der Waals surface area contributed by atoms with Gasteiger partial charge in [0.1, 0.15) is 11.6 Å². The summed E-state index contributed by atoms with van der Waals surface area (Å²) in [4.78, 5) is 16.3. The standard InChI is InChI=1S/C14H18N2O/c1-3-7-11(17)10-14-15-12-8-5-6-9-13(12)16(14)4-2/h5-6,8-9H,3-4,7,10H2,1-2H3. The normalized spacial score (nSPS) is 10.9.